The van der Waals surface area contributed by atoms with Crippen molar-refractivity contribution >= 4 is 20.2 Å². The summed E-state index contributed by atoms with van der Waals surface area (Å²) in [5.41, 5.74) is 10.2. The van der Waals surface area contributed by atoms with Crippen LogP contribution in [0.2, 0.25) is 6.04 Å². The van der Waals surface area contributed by atoms with E-state index >= 15 is 0 Å². The van der Waals surface area contributed by atoms with Crippen molar-refractivity contribution in [1.29, 1.82) is 0 Å². The van der Waals surface area contributed by atoms with Crippen molar-refractivity contribution in [2.45, 2.75) is 18.9 Å². The molecule has 0 bridgehead atoms. The van der Waals surface area contributed by atoms with Crippen molar-refractivity contribution in [2.75, 3.05) is 91.3 Å². The molecule has 0 aromatic rings. The van der Waals surface area contributed by atoms with Gasteiger partial charge in [0, 0.05) is 78.2 Å². The van der Waals surface area contributed by atoms with Crippen molar-refractivity contribution in [3.63, 3.8) is 0 Å². The molecule has 0 saturated heterocycles. The number of nitrogens with two attached hydrogens (primary N) is 2. The van der Waals surface area contributed by atoms with Gasteiger partial charge in [-0.05, 0) is 25.6 Å². The molecule has 0 aromatic carbocycles. The molecule has 5 N–H and O–H groups in total. The van der Waals surface area contributed by atoms with Crippen LogP contribution in [0.25, 0.3) is 0 Å². The molecule has 0 aliphatic heterocycles. The first-order valence-electron chi connectivity index (χ1n) is 8.54. The van der Waals surface area contributed by atoms with Gasteiger partial charge in [0.05, 0.1) is 0 Å². The van der Waals surface area contributed by atoms with E-state index in [4.69, 9.17) is 21.0 Å². The monoisotopic (exact) mass is 562 g/mol. The smallest absolute Gasteiger partial charge is 0.431 e. The van der Waals surface area contributed by atoms with Crippen LogP contribution in [0.3, 0.4) is 0 Å². The molecule has 9 nitrogen and oxygen atoms in total. The fourth-order valence-corrected chi connectivity index (χ4v) is 1.17. The molecular formula is C17H55AgN2O7Si2. The largest absolute Gasteiger partial charge is 1.00 e. The maximum absolute atomic E-state index is 7.00. The van der Waals surface area contributed by atoms with E-state index in [0.717, 1.165) is 37.0 Å². The third-order valence-electron chi connectivity index (χ3n) is 1.01. The van der Waals surface area contributed by atoms with Crippen molar-refractivity contribution in [2.24, 2.45) is 11.5 Å². The Morgan fingerprint density at radius 1 is 0.759 bits per heavy atom. The minimum atomic E-state index is -0.169. The summed E-state index contributed by atoms with van der Waals surface area (Å²) in [6.07, 6.45) is 1.99. The quantitative estimate of drug-likeness (QED) is 0.224. The van der Waals surface area contributed by atoms with Crippen LogP contribution in [-0.2, 0) is 50.2 Å². The van der Waals surface area contributed by atoms with E-state index in [9.17, 15) is 0 Å². The predicted molar refractivity (Wildman–Crippen MR) is 130 cm³/mol. The molecule has 0 aromatic heterocycles. The summed E-state index contributed by atoms with van der Waals surface area (Å²) >= 11 is 0. The third kappa shape index (κ3) is 613. The maximum Gasteiger partial charge on any atom is 1.00 e. The van der Waals surface area contributed by atoms with Gasteiger partial charge in [0.1, 0.15) is 10.5 Å². The molecule has 0 aliphatic rings. The molecule has 0 amide bonds. The van der Waals surface area contributed by atoms with E-state index in [0.29, 0.717) is 6.54 Å². The average molecular weight is 564 g/mol. The SMILES string of the molecule is CO.COC.COC.COC.COC.CO[SiH2]CCCN.CO[SiH3].[Ag+].[CH2-]CCN. The molecule has 0 atom stereocenters. The van der Waals surface area contributed by atoms with Gasteiger partial charge in [-0.2, -0.15) is 6.42 Å². The fraction of sp³-hybridized carbons (Fsp3) is 0.941. The Bertz CT molecular complexity index is 116. The van der Waals surface area contributed by atoms with Crippen LogP contribution in [0.5, 0.6) is 0 Å². The second kappa shape index (κ2) is 136. The van der Waals surface area contributed by atoms with Crippen molar-refractivity contribution in [3.8, 4) is 0 Å². The first-order valence-corrected chi connectivity index (χ1v) is 10.9. The van der Waals surface area contributed by atoms with Crippen molar-refractivity contribution in [1.82, 2.24) is 0 Å². The molecule has 0 saturated carbocycles. The van der Waals surface area contributed by atoms with Gasteiger partial charge in [-0.3, -0.25) is 0 Å². The first-order chi connectivity index (χ1) is 13.4. The van der Waals surface area contributed by atoms with Gasteiger partial charge in [-0.25, -0.2) is 0 Å². The fourth-order valence-electron chi connectivity index (χ4n) is 0.391. The first kappa shape index (κ1) is 57.1. The van der Waals surface area contributed by atoms with Gasteiger partial charge >= 0.3 is 22.4 Å². The van der Waals surface area contributed by atoms with Crippen LogP contribution in [0.15, 0.2) is 0 Å². The van der Waals surface area contributed by atoms with Gasteiger partial charge < -0.3 is 51.3 Å². The number of aliphatic hydroxyl groups excluding tert-OH is 1. The summed E-state index contributed by atoms with van der Waals surface area (Å²) in [7, 11) is 18.2. The van der Waals surface area contributed by atoms with Crippen molar-refractivity contribution in [3.05, 3.63) is 6.92 Å². The van der Waals surface area contributed by atoms with Crippen LogP contribution in [0, 0.1) is 6.92 Å². The summed E-state index contributed by atoms with van der Waals surface area (Å²) in [4.78, 5) is 0. The van der Waals surface area contributed by atoms with Gasteiger partial charge in [-0.1, -0.05) is 0 Å². The maximum atomic E-state index is 7.00. The summed E-state index contributed by atoms with van der Waals surface area (Å²) in [5, 5.41) is 7.00. The molecular weight excluding hydrogens is 508 g/mol. The predicted octanol–water partition coefficient (Wildman–Crippen LogP) is -0.777. The Labute approximate surface area is 203 Å². The number of methoxy groups -OCH3 is 4. The topological polar surface area (TPSA) is 128 Å². The van der Waals surface area contributed by atoms with Crippen LogP contribution < -0.4 is 11.5 Å². The molecule has 0 rings (SSSR count). The molecule has 12 heteroatoms. The van der Waals surface area contributed by atoms with Gasteiger partial charge in [0.15, 0.2) is 9.76 Å². The summed E-state index contributed by atoms with van der Waals surface area (Å²) in [5.74, 6) is 0. The molecule has 194 valence electrons. The van der Waals surface area contributed by atoms with Crippen LogP contribution in [0.4, 0.5) is 0 Å². The number of ether oxygens (including phenoxy) is 4. The molecule has 0 unspecified atom stereocenters. The standard InChI is InChI=1S/C4H13NOSi.C3H8N.4C2H6O.CH6OSi.CH4O.Ag/c1-6-7-4-2-3-5;1-2-3-4;4*1-3-2;1-2-3;1-2;/h2-5,7H2,1H3;1-4H2;4*1-2H3;1,3H3;2H,1H3;/q;-1;;;;;;;+1. The summed E-state index contributed by atoms with van der Waals surface area (Å²) < 4.78 is 26.3. The normalized spacial score (nSPS) is 7.14. The number of rotatable bonds is 5. The minimum Gasteiger partial charge on any atom is -0.431 e. The molecule has 0 radical (unpaired) electrons. The van der Waals surface area contributed by atoms with Gasteiger partial charge in [0.25, 0.3) is 0 Å². The van der Waals surface area contributed by atoms with E-state index in [2.05, 4.69) is 30.3 Å². The van der Waals surface area contributed by atoms with Crippen molar-refractivity contribution < 1.29 is 55.3 Å². The molecule has 0 fully saturated rings. The average Bonchev–Trinajstić information content (AvgIpc) is 2.67. The van der Waals surface area contributed by atoms with Crippen LogP contribution in [0.1, 0.15) is 12.8 Å². The zero-order valence-corrected chi connectivity index (χ0v) is 26.2. The van der Waals surface area contributed by atoms with Crippen LogP contribution >= 0.6 is 0 Å². The molecule has 0 spiro atoms. The number of aliphatic hydroxyl groups is 1. The van der Waals surface area contributed by atoms with E-state index in [1.807, 2.05) is 0 Å². The zero-order valence-electron chi connectivity index (χ0n) is 21.3. The Hall–Kier alpha value is 0.814. The molecule has 0 heterocycles. The molecule has 29 heavy (non-hydrogen) atoms. The minimum absolute atomic E-state index is 0. The summed E-state index contributed by atoms with van der Waals surface area (Å²) in [6.45, 7) is 5.00. The number of hydrogen-bond donors (Lipinski definition) is 3. The van der Waals surface area contributed by atoms with E-state index in [1.54, 1.807) is 71.1 Å². The Morgan fingerprint density at radius 2 is 0.966 bits per heavy atom. The van der Waals surface area contributed by atoms with Gasteiger partial charge in [0.2, 0.25) is 0 Å². The van der Waals surface area contributed by atoms with E-state index in [-0.39, 0.29) is 32.1 Å². The van der Waals surface area contributed by atoms with Crippen LogP contribution in [-0.4, -0.2) is 117 Å². The number of hydrogen-bond acceptors (Lipinski definition) is 9. The van der Waals surface area contributed by atoms with E-state index < -0.39 is 0 Å². The molecule has 0 aliphatic carbocycles. The Morgan fingerprint density at radius 3 is 1.07 bits per heavy atom. The third-order valence-corrected chi connectivity index (χ3v) is 2.20. The Kier molecular flexibility index (Phi) is 267. The van der Waals surface area contributed by atoms with Gasteiger partial charge in [-0.15, -0.1) is 0 Å². The summed E-state index contributed by atoms with van der Waals surface area (Å²) in [6, 6.07) is 1.23. The second-order valence-electron chi connectivity index (χ2n) is 4.17. The second-order valence-corrected chi connectivity index (χ2v) is 6.68. The zero-order chi connectivity index (χ0) is 24.5. The Balaban J connectivity index is -0.0000000233. The van der Waals surface area contributed by atoms with E-state index in [1.165, 1.54) is 6.04 Å².